The van der Waals surface area contributed by atoms with E-state index in [4.69, 9.17) is 10.00 Å². The second kappa shape index (κ2) is 14.3. The zero-order valence-electron chi connectivity index (χ0n) is 26.0. The third-order valence-electron chi connectivity index (χ3n) is 7.56. The Hall–Kier alpha value is -5.44. The van der Waals surface area contributed by atoms with Crippen LogP contribution < -0.4 is 15.4 Å². The summed E-state index contributed by atoms with van der Waals surface area (Å²) in [7, 11) is 3.45. The third-order valence-corrected chi connectivity index (χ3v) is 7.56. The summed E-state index contributed by atoms with van der Waals surface area (Å²) < 4.78 is 48.7. The Balaban J connectivity index is 1.27. The van der Waals surface area contributed by atoms with E-state index < -0.39 is 17.6 Å². The number of alkyl halides is 3. The number of hydrogen-bond donors (Lipinski definition) is 2. The van der Waals surface area contributed by atoms with Crippen molar-refractivity contribution in [3.8, 4) is 23.8 Å². The lowest BCUT2D eigenvalue weighted by Crippen LogP contribution is -2.44. The van der Waals surface area contributed by atoms with E-state index in [1.54, 1.807) is 24.4 Å². The number of nitrogens with zero attached hydrogens (tertiary/aromatic N) is 7. The molecule has 0 bridgehead atoms. The lowest BCUT2D eigenvalue weighted by Gasteiger charge is -2.33. The summed E-state index contributed by atoms with van der Waals surface area (Å²) in [6.07, 6.45) is 0.0737. The van der Waals surface area contributed by atoms with Crippen LogP contribution in [0.1, 0.15) is 38.2 Å². The van der Waals surface area contributed by atoms with Gasteiger partial charge in [0.05, 0.1) is 30.5 Å². The quantitative estimate of drug-likeness (QED) is 0.264. The van der Waals surface area contributed by atoms with E-state index in [0.717, 1.165) is 24.7 Å². The molecular formula is C33H32F3N9O2. The van der Waals surface area contributed by atoms with E-state index in [-0.39, 0.29) is 41.7 Å². The Kier molecular flexibility index (Phi) is 10.0. The maximum absolute atomic E-state index is 14.0. The molecule has 1 aliphatic heterocycles. The van der Waals surface area contributed by atoms with Crippen LogP contribution in [-0.2, 0) is 19.3 Å². The minimum absolute atomic E-state index is 0.0542. The number of nitrogens with one attached hydrogen (secondary N) is 2. The average molecular weight is 644 g/mol. The largest absolute Gasteiger partial charge is 0.478 e. The summed E-state index contributed by atoms with van der Waals surface area (Å²) in [5, 5.41) is 18.6. The van der Waals surface area contributed by atoms with Gasteiger partial charge >= 0.3 is 6.18 Å². The Morgan fingerprint density at radius 1 is 1.06 bits per heavy atom. The first-order valence-corrected chi connectivity index (χ1v) is 14.6. The zero-order chi connectivity index (χ0) is 33.6. The number of halogens is 3. The number of methoxy groups -OCH3 is 1. The number of benzene rings is 2. The molecule has 0 radical (unpaired) electrons. The van der Waals surface area contributed by atoms with Gasteiger partial charge in [0, 0.05) is 61.9 Å². The highest BCUT2D eigenvalue weighted by molar-refractivity contribution is 6.04. The number of amides is 1. The summed E-state index contributed by atoms with van der Waals surface area (Å²) >= 11 is 0. The van der Waals surface area contributed by atoms with Gasteiger partial charge in [0.15, 0.2) is 0 Å². The predicted octanol–water partition coefficient (Wildman–Crippen LogP) is 4.68. The Bertz CT molecular complexity index is 1850. The maximum atomic E-state index is 14.0. The highest BCUT2D eigenvalue weighted by atomic mass is 19.4. The van der Waals surface area contributed by atoms with Crippen molar-refractivity contribution in [2.75, 3.05) is 51.0 Å². The van der Waals surface area contributed by atoms with E-state index in [2.05, 4.69) is 42.4 Å². The molecule has 2 aromatic heterocycles. The van der Waals surface area contributed by atoms with Crippen molar-refractivity contribution in [2.45, 2.75) is 26.2 Å². The number of anilines is 3. The van der Waals surface area contributed by atoms with Crippen LogP contribution in [0.2, 0.25) is 0 Å². The van der Waals surface area contributed by atoms with Crippen LogP contribution in [0.5, 0.6) is 5.88 Å². The van der Waals surface area contributed by atoms with Crippen LogP contribution in [0.4, 0.5) is 30.5 Å². The number of hydrogen-bond acceptors (Lipinski definition) is 9. The fraction of sp³-hybridized carbons (Fsp3) is 0.303. The van der Waals surface area contributed by atoms with Crippen molar-refractivity contribution in [2.24, 2.45) is 0 Å². The maximum Gasteiger partial charge on any atom is 0.416 e. The van der Waals surface area contributed by atoms with E-state index >= 15 is 0 Å². The molecule has 0 spiro atoms. The number of rotatable bonds is 8. The highest BCUT2D eigenvalue weighted by Crippen LogP contribution is 2.35. The molecule has 47 heavy (non-hydrogen) atoms. The van der Waals surface area contributed by atoms with Crippen molar-refractivity contribution in [3.05, 3.63) is 88.4 Å². The molecule has 0 saturated carbocycles. The van der Waals surface area contributed by atoms with Gasteiger partial charge in [-0.2, -0.15) is 18.4 Å². The first kappa shape index (κ1) is 32.9. The number of nitriles is 1. The minimum Gasteiger partial charge on any atom is -0.478 e. The number of ether oxygens (including phenoxy) is 1. The summed E-state index contributed by atoms with van der Waals surface area (Å²) in [5.41, 5.74) is 2.08. The van der Waals surface area contributed by atoms with Crippen molar-refractivity contribution < 1.29 is 22.7 Å². The van der Waals surface area contributed by atoms with E-state index in [1.165, 1.54) is 36.3 Å². The molecule has 14 heteroatoms. The van der Waals surface area contributed by atoms with Crippen LogP contribution in [0.15, 0.2) is 55.0 Å². The number of likely N-dealkylation sites (N-methyl/N-ethyl adjacent to an activating group) is 1. The highest BCUT2D eigenvalue weighted by Gasteiger charge is 2.34. The van der Waals surface area contributed by atoms with Gasteiger partial charge in [0.25, 0.3) is 11.8 Å². The standard InChI is InChI=1S/C33H32F3N9O2/c1-22-4-6-25(30(46)40-27-9-8-26(28(17-27)33(34,35)36)20-44-14-12-43(2)13-15-44)16-24(22)7-5-23-18-38-32(39-19-23)41-29-21-45(11-10-37)42-31(29)47-3/h4,6,8-9,16-19,21H,11-15,20H2,1-3H3,(H,40,46)(H,38,39,41). The third kappa shape index (κ3) is 8.43. The minimum atomic E-state index is -4.57. The van der Waals surface area contributed by atoms with Crippen molar-refractivity contribution in [1.29, 1.82) is 5.26 Å². The van der Waals surface area contributed by atoms with Gasteiger partial charge in [-0.05, 0) is 49.4 Å². The molecule has 1 amide bonds. The molecule has 3 heterocycles. The molecule has 2 N–H and O–H groups in total. The first-order valence-electron chi connectivity index (χ1n) is 14.6. The molecule has 11 nitrogen and oxygen atoms in total. The Morgan fingerprint density at radius 3 is 2.49 bits per heavy atom. The van der Waals surface area contributed by atoms with E-state index in [1.807, 2.05) is 24.9 Å². The predicted molar refractivity (Wildman–Crippen MR) is 169 cm³/mol. The average Bonchev–Trinajstić information content (AvgIpc) is 3.43. The van der Waals surface area contributed by atoms with Crippen LogP contribution >= 0.6 is 0 Å². The van der Waals surface area contributed by atoms with Crippen LogP contribution in [0.25, 0.3) is 0 Å². The van der Waals surface area contributed by atoms with Gasteiger partial charge in [0.2, 0.25) is 5.95 Å². The van der Waals surface area contributed by atoms with Gasteiger partial charge in [0.1, 0.15) is 12.2 Å². The Morgan fingerprint density at radius 2 is 1.81 bits per heavy atom. The molecule has 2 aromatic carbocycles. The van der Waals surface area contributed by atoms with Crippen molar-refractivity contribution in [1.82, 2.24) is 29.5 Å². The smallest absolute Gasteiger partial charge is 0.416 e. The van der Waals surface area contributed by atoms with Crippen LogP contribution in [-0.4, -0.2) is 75.8 Å². The molecular weight excluding hydrogens is 611 g/mol. The molecule has 1 saturated heterocycles. The van der Waals surface area contributed by atoms with Gasteiger partial charge in [-0.1, -0.05) is 24.0 Å². The van der Waals surface area contributed by atoms with E-state index in [9.17, 15) is 18.0 Å². The van der Waals surface area contributed by atoms with Crippen molar-refractivity contribution in [3.63, 3.8) is 0 Å². The van der Waals surface area contributed by atoms with Gasteiger partial charge in [-0.25, -0.2) is 9.97 Å². The number of carbonyl (C=O) groups excluding carboxylic acids is 1. The summed E-state index contributed by atoms with van der Waals surface area (Å²) in [6.45, 7) is 5.05. The lowest BCUT2D eigenvalue weighted by molar-refractivity contribution is -0.138. The second-order valence-corrected chi connectivity index (χ2v) is 11.0. The van der Waals surface area contributed by atoms with Gasteiger partial charge < -0.3 is 20.3 Å². The number of aryl methyl sites for hydroxylation is 1. The summed E-state index contributed by atoms with van der Waals surface area (Å²) in [5.74, 6) is 5.99. The van der Waals surface area contributed by atoms with Crippen molar-refractivity contribution >= 4 is 23.2 Å². The van der Waals surface area contributed by atoms with Crippen LogP contribution in [0, 0.1) is 30.1 Å². The molecule has 1 aliphatic rings. The molecule has 0 aliphatic carbocycles. The number of piperazine rings is 1. The topological polar surface area (TPSA) is 124 Å². The Labute approximate surface area is 270 Å². The van der Waals surface area contributed by atoms with E-state index in [0.29, 0.717) is 29.9 Å². The number of carbonyl (C=O) groups is 1. The fourth-order valence-corrected chi connectivity index (χ4v) is 4.91. The molecule has 1 fully saturated rings. The first-order chi connectivity index (χ1) is 22.5. The molecule has 5 rings (SSSR count). The van der Waals surface area contributed by atoms with Gasteiger partial charge in [-0.15, -0.1) is 5.10 Å². The lowest BCUT2D eigenvalue weighted by atomic mass is 10.0. The zero-order valence-corrected chi connectivity index (χ0v) is 26.0. The second-order valence-electron chi connectivity index (χ2n) is 11.0. The molecule has 0 unspecified atom stereocenters. The molecule has 0 atom stereocenters. The molecule has 4 aromatic rings. The van der Waals surface area contributed by atoms with Crippen LogP contribution in [0.3, 0.4) is 0 Å². The monoisotopic (exact) mass is 643 g/mol. The SMILES string of the molecule is COc1nn(CC#N)cc1Nc1ncc(C#Cc2cc(C(=O)Nc3ccc(CN4CCN(C)CC4)c(C(F)(F)F)c3)ccc2C)cn1. The fourth-order valence-electron chi connectivity index (χ4n) is 4.91. The molecule has 242 valence electrons. The summed E-state index contributed by atoms with van der Waals surface area (Å²) in [6, 6.07) is 10.8. The normalized spacial score (nSPS) is 13.7. The number of aromatic nitrogens is 4. The van der Waals surface area contributed by atoms with Gasteiger partial charge in [-0.3, -0.25) is 14.4 Å². The summed E-state index contributed by atoms with van der Waals surface area (Å²) in [4.78, 5) is 25.8.